The van der Waals surface area contributed by atoms with Crippen molar-refractivity contribution in [3.8, 4) is 5.75 Å². The maximum atomic E-state index is 13.6. The predicted molar refractivity (Wildman–Crippen MR) is 107 cm³/mol. The number of nitrogens with zero attached hydrogens (tertiary/aromatic N) is 4. The summed E-state index contributed by atoms with van der Waals surface area (Å²) in [5.74, 6) is -0.423. The van der Waals surface area contributed by atoms with E-state index in [-0.39, 0.29) is 17.2 Å². The highest BCUT2D eigenvalue weighted by molar-refractivity contribution is 6.30. The third kappa shape index (κ3) is 3.29. The van der Waals surface area contributed by atoms with E-state index in [0.717, 1.165) is 0 Å². The number of methoxy groups -OCH3 is 2. The first kappa shape index (κ1) is 19.6. The Morgan fingerprint density at radius 2 is 1.83 bits per heavy atom. The van der Waals surface area contributed by atoms with Gasteiger partial charge in [0, 0.05) is 16.1 Å². The number of hydrogen-bond donors (Lipinski definition) is 1. The van der Waals surface area contributed by atoms with Crippen LogP contribution in [0.15, 0.2) is 59.8 Å². The maximum absolute atomic E-state index is 13.6. The Morgan fingerprint density at radius 1 is 1.10 bits per heavy atom. The van der Waals surface area contributed by atoms with Crippen molar-refractivity contribution in [2.24, 2.45) is 0 Å². The summed E-state index contributed by atoms with van der Waals surface area (Å²) >= 11 is 5.96. The van der Waals surface area contributed by atoms with Crippen molar-refractivity contribution in [3.63, 3.8) is 0 Å². The fourth-order valence-corrected chi connectivity index (χ4v) is 3.45. The molecule has 4 rings (SSSR count). The predicted octanol–water partition coefficient (Wildman–Crippen LogP) is 2.66. The lowest BCUT2D eigenvalue weighted by Crippen LogP contribution is -2.33. The third-order valence-electron chi connectivity index (χ3n) is 4.69. The van der Waals surface area contributed by atoms with Gasteiger partial charge in [-0.15, -0.1) is 0 Å². The van der Waals surface area contributed by atoms with Crippen molar-refractivity contribution in [3.05, 3.63) is 76.0 Å². The SMILES string of the molecule is COC(=O)C1=C(C(=O)c2ccc(Cl)cc2)[C@@H](c2ccccc2OC)n2nnnc2N1. The fourth-order valence-electron chi connectivity index (χ4n) is 3.33. The van der Waals surface area contributed by atoms with Gasteiger partial charge in [0.15, 0.2) is 5.78 Å². The molecule has 1 atom stereocenters. The Bertz CT molecular complexity index is 1160. The first-order chi connectivity index (χ1) is 14.5. The number of benzene rings is 2. The van der Waals surface area contributed by atoms with E-state index < -0.39 is 17.8 Å². The van der Waals surface area contributed by atoms with Gasteiger partial charge in [0.2, 0.25) is 5.95 Å². The molecule has 3 aromatic rings. The molecule has 9 nitrogen and oxygen atoms in total. The summed E-state index contributed by atoms with van der Waals surface area (Å²) in [7, 11) is 2.75. The number of ether oxygens (including phenoxy) is 2. The number of aromatic nitrogens is 4. The average molecular weight is 426 g/mol. The van der Waals surface area contributed by atoms with E-state index in [2.05, 4.69) is 20.8 Å². The first-order valence-corrected chi connectivity index (χ1v) is 9.23. The summed E-state index contributed by atoms with van der Waals surface area (Å²) in [4.78, 5) is 26.2. The number of fused-ring (bicyclic) bond motifs is 1. The minimum atomic E-state index is -0.829. The van der Waals surface area contributed by atoms with Crippen molar-refractivity contribution < 1.29 is 19.1 Å². The van der Waals surface area contributed by atoms with Gasteiger partial charge < -0.3 is 14.8 Å². The Balaban J connectivity index is 1.98. The van der Waals surface area contributed by atoms with Crippen molar-refractivity contribution >= 4 is 29.3 Å². The van der Waals surface area contributed by atoms with Crippen molar-refractivity contribution in [1.29, 1.82) is 0 Å². The van der Waals surface area contributed by atoms with Crippen LogP contribution in [0.3, 0.4) is 0 Å². The minimum Gasteiger partial charge on any atom is -0.496 e. The molecule has 2 heterocycles. The minimum absolute atomic E-state index is 0.0457. The molecule has 0 spiro atoms. The molecule has 1 N–H and O–H groups in total. The Hall–Kier alpha value is -3.72. The number of esters is 1. The molecule has 0 aliphatic carbocycles. The highest BCUT2D eigenvalue weighted by Crippen LogP contribution is 2.40. The molecule has 0 fully saturated rings. The number of carbonyl (C=O) groups excluding carboxylic acids is 2. The van der Waals surface area contributed by atoms with E-state index in [4.69, 9.17) is 21.1 Å². The molecule has 0 unspecified atom stereocenters. The van der Waals surface area contributed by atoms with Crippen LogP contribution in [0.25, 0.3) is 0 Å². The summed E-state index contributed by atoms with van der Waals surface area (Å²) in [6.45, 7) is 0. The number of halogens is 1. The van der Waals surface area contributed by atoms with Crippen LogP contribution in [0.1, 0.15) is 22.0 Å². The number of carbonyl (C=O) groups is 2. The molecule has 0 amide bonds. The van der Waals surface area contributed by atoms with Crippen LogP contribution in [-0.4, -0.2) is 46.2 Å². The van der Waals surface area contributed by atoms with Gasteiger partial charge in [-0.05, 0) is 40.8 Å². The summed E-state index contributed by atoms with van der Waals surface area (Å²) < 4.78 is 11.8. The van der Waals surface area contributed by atoms with Crippen molar-refractivity contribution in [2.45, 2.75) is 6.04 Å². The first-order valence-electron chi connectivity index (χ1n) is 8.85. The van der Waals surface area contributed by atoms with Gasteiger partial charge in [0.1, 0.15) is 17.5 Å². The number of nitrogens with one attached hydrogen (secondary N) is 1. The zero-order valence-electron chi connectivity index (χ0n) is 16.0. The van der Waals surface area contributed by atoms with Crippen LogP contribution in [0.4, 0.5) is 5.95 Å². The van der Waals surface area contributed by atoms with Gasteiger partial charge in [-0.3, -0.25) is 4.79 Å². The molecule has 0 saturated carbocycles. The molecule has 0 bridgehead atoms. The number of allylic oxidation sites excluding steroid dienone is 1. The summed E-state index contributed by atoms with van der Waals surface area (Å²) in [6.07, 6.45) is 0. The van der Waals surface area contributed by atoms with E-state index in [1.54, 1.807) is 48.5 Å². The van der Waals surface area contributed by atoms with Gasteiger partial charge in [-0.2, -0.15) is 4.68 Å². The number of anilines is 1. The molecule has 30 heavy (non-hydrogen) atoms. The maximum Gasteiger partial charge on any atom is 0.355 e. The van der Waals surface area contributed by atoms with E-state index >= 15 is 0 Å². The number of rotatable bonds is 5. The molecule has 2 aromatic carbocycles. The van der Waals surface area contributed by atoms with Crippen molar-refractivity contribution in [2.75, 3.05) is 19.5 Å². The molecule has 152 valence electrons. The lowest BCUT2D eigenvalue weighted by Gasteiger charge is -2.28. The summed E-state index contributed by atoms with van der Waals surface area (Å²) in [6, 6.07) is 12.7. The van der Waals surface area contributed by atoms with E-state index in [1.165, 1.54) is 18.9 Å². The number of ketones is 1. The second-order valence-electron chi connectivity index (χ2n) is 6.33. The van der Waals surface area contributed by atoms with Gasteiger partial charge in [0.25, 0.3) is 0 Å². The van der Waals surface area contributed by atoms with Crippen LogP contribution in [-0.2, 0) is 9.53 Å². The molecule has 0 radical (unpaired) electrons. The van der Waals surface area contributed by atoms with Crippen LogP contribution >= 0.6 is 11.6 Å². The molecule has 0 saturated heterocycles. The Morgan fingerprint density at radius 3 is 2.53 bits per heavy atom. The summed E-state index contributed by atoms with van der Waals surface area (Å²) in [5.41, 5.74) is 1.02. The van der Waals surface area contributed by atoms with Crippen LogP contribution in [0, 0.1) is 0 Å². The van der Waals surface area contributed by atoms with Crippen LogP contribution in [0.5, 0.6) is 5.75 Å². The molecular weight excluding hydrogens is 410 g/mol. The third-order valence-corrected chi connectivity index (χ3v) is 4.94. The lowest BCUT2D eigenvalue weighted by molar-refractivity contribution is -0.136. The van der Waals surface area contributed by atoms with E-state index in [1.807, 2.05) is 0 Å². The zero-order chi connectivity index (χ0) is 21.3. The van der Waals surface area contributed by atoms with Gasteiger partial charge >= 0.3 is 5.97 Å². The number of hydrogen-bond acceptors (Lipinski definition) is 8. The van der Waals surface area contributed by atoms with Gasteiger partial charge in [-0.25, -0.2) is 4.79 Å². The average Bonchev–Trinajstić information content (AvgIpc) is 3.25. The number of Topliss-reactive ketones (excluding diaryl/α,β-unsaturated/α-hetero) is 1. The highest BCUT2D eigenvalue weighted by atomic mass is 35.5. The smallest absolute Gasteiger partial charge is 0.355 e. The second kappa shape index (κ2) is 7.96. The van der Waals surface area contributed by atoms with E-state index in [9.17, 15) is 9.59 Å². The topological polar surface area (TPSA) is 108 Å². The fraction of sp³-hybridized carbons (Fsp3) is 0.150. The van der Waals surface area contributed by atoms with Crippen LogP contribution in [0.2, 0.25) is 5.02 Å². The Kier molecular flexibility index (Phi) is 5.20. The van der Waals surface area contributed by atoms with Gasteiger partial charge in [-0.1, -0.05) is 34.9 Å². The standard InChI is InChI=1S/C20H16ClN5O4/c1-29-14-6-4-3-5-13(14)17-15(18(27)11-7-9-12(21)10-8-11)16(19(28)30-2)22-20-23-24-25-26(17)20/h3-10,17H,1-2H3,(H,22,23,25)/t17-/m1/s1. The molecular formula is C20H16ClN5O4. The van der Waals surface area contributed by atoms with Gasteiger partial charge in [0.05, 0.1) is 19.8 Å². The number of tetrazole rings is 1. The lowest BCUT2D eigenvalue weighted by atomic mass is 9.89. The normalized spacial score (nSPS) is 15.2. The molecule has 10 heteroatoms. The van der Waals surface area contributed by atoms with Crippen molar-refractivity contribution in [1.82, 2.24) is 20.2 Å². The zero-order valence-corrected chi connectivity index (χ0v) is 16.8. The summed E-state index contributed by atoms with van der Waals surface area (Å²) in [5, 5.41) is 14.9. The largest absolute Gasteiger partial charge is 0.496 e. The Labute approximate surface area is 176 Å². The number of para-hydroxylation sites is 1. The van der Waals surface area contributed by atoms with Crippen LogP contribution < -0.4 is 10.1 Å². The monoisotopic (exact) mass is 425 g/mol. The molecule has 1 aliphatic heterocycles. The second-order valence-corrected chi connectivity index (χ2v) is 6.77. The molecule has 1 aliphatic rings. The quantitative estimate of drug-likeness (QED) is 0.491. The highest BCUT2D eigenvalue weighted by Gasteiger charge is 2.39. The molecule has 1 aromatic heterocycles. The van der Waals surface area contributed by atoms with E-state index in [0.29, 0.717) is 21.9 Å².